The fourth-order valence-electron chi connectivity index (χ4n) is 1.97. The van der Waals surface area contributed by atoms with Crippen LogP contribution in [0, 0.1) is 17.3 Å². The summed E-state index contributed by atoms with van der Waals surface area (Å²) in [6.45, 7) is 17.4. The normalized spacial score (nSPS) is 17.1. The first-order valence-corrected chi connectivity index (χ1v) is 6.04. The molecule has 1 N–H and O–H groups in total. The zero-order valence-corrected chi connectivity index (χ0v) is 11.1. The number of hydrogen-bond acceptors (Lipinski definition) is 1. The molecule has 0 heterocycles. The van der Waals surface area contributed by atoms with Crippen LogP contribution in [-0.2, 0) is 0 Å². The molecule has 0 radical (unpaired) electrons. The fourth-order valence-corrected chi connectivity index (χ4v) is 1.97. The first-order valence-electron chi connectivity index (χ1n) is 6.04. The van der Waals surface area contributed by atoms with Gasteiger partial charge in [0.25, 0.3) is 0 Å². The summed E-state index contributed by atoms with van der Waals surface area (Å²) in [6.07, 6.45) is 1.22. The van der Waals surface area contributed by atoms with Crippen LogP contribution >= 0.6 is 0 Å². The Labute approximate surface area is 90.7 Å². The molecular formula is C13H29N. The molecule has 2 atom stereocenters. The molecule has 0 saturated heterocycles. The third kappa shape index (κ3) is 4.45. The van der Waals surface area contributed by atoms with Gasteiger partial charge in [0, 0.05) is 6.04 Å². The third-order valence-electron chi connectivity index (χ3n) is 3.12. The molecule has 1 nitrogen and oxygen atoms in total. The SMILES string of the molecule is CCCNC(C(C)C(C)C)C(C)(C)C. The van der Waals surface area contributed by atoms with Crippen molar-refractivity contribution >= 4 is 0 Å². The molecule has 0 saturated carbocycles. The van der Waals surface area contributed by atoms with E-state index in [1.165, 1.54) is 6.42 Å². The van der Waals surface area contributed by atoms with E-state index in [-0.39, 0.29) is 0 Å². The number of nitrogens with one attached hydrogen (secondary N) is 1. The highest BCUT2D eigenvalue weighted by atomic mass is 14.9. The lowest BCUT2D eigenvalue weighted by Gasteiger charge is -2.38. The molecule has 0 fully saturated rings. The predicted molar refractivity (Wildman–Crippen MR) is 65.5 cm³/mol. The molecule has 0 aliphatic heterocycles. The summed E-state index contributed by atoms with van der Waals surface area (Å²) >= 11 is 0. The van der Waals surface area contributed by atoms with Crippen LogP contribution in [0.25, 0.3) is 0 Å². The van der Waals surface area contributed by atoms with Crippen molar-refractivity contribution in [1.82, 2.24) is 5.32 Å². The maximum Gasteiger partial charge on any atom is 0.0144 e. The van der Waals surface area contributed by atoms with E-state index in [1.54, 1.807) is 0 Å². The molecule has 0 aromatic heterocycles. The quantitative estimate of drug-likeness (QED) is 0.712. The van der Waals surface area contributed by atoms with Crippen molar-refractivity contribution in [1.29, 1.82) is 0 Å². The van der Waals surface area contributed by atoms with E-state index in [1.807, 2.05) is 0 Å². The first kappa shape index (κ1) is 14.0. The van der Waals surface area contributed by atoms with Gasteiger partial charge >= 0.3 is 0 Å². The van der Waals surface area contributed by atoms with Crippen LogP contribution in [-0.4, -0.2) is 12.6 Å². The standard InChI is InChI=1S/C13H29N/c1-8-9-14-12(13(5,6)7)11(4)10(2)3/h10-12,14H,8-9H2,1-7H3. The van der Waals surface area contributed by atoms with E-state index in [0.717, 1.165) is 18.4 Å². The van der Waals surface area contributed by atoms with Gasteiger partial charge in [-0.15, -0.1) is 0 Å². The Hall–Kier alpha value is -0.0400. The molecule has 0 aromatic carbocycles. The summed E-state index contributed by atoms with van der Waals surface area (Å²) in [5, 5.41) is 3.69. The summed E-state index contributed by atoms with van der Waals surface area (Å²) < 4.78 is 0. The minimum Gasteiger partial charge on any atom is -0.313 e. The smallest absolute Gasteiger partial charge is 0.0144 e. The van der Waals surface area contributed by atoms with Gasteiger partial charge < -0.3 is 5.32 Å². The van der Waals surface area contributed by atoms with Gasteiger partial charge in [0.2, 0.25) is 0 Å². The van der Waals surface area contributed by atoms with Crippen molar-refractivity contribution in [2.45, 2.75) is 60.9 Å². The van der Waals surface area contributed by atoms with Crippen LogP contribution in [0.4, 0.5) is 0 Å². The Morgan fingerprint density at radius 3 is 1.86 bits per heavy atom. The van der Waals surface area contributed by atoms with Gasteiger partial charge in [-0.3, -0.25) is 0 Å². The highest BCUT2D eigenvalue weighted by Crippen LogP contribution is 2.29. The van der Waals surface area contributed by atoms with Gasteiger partial charge in [-0.2, -0.15) is 0 Å². The Morgan fingerprint density at radius 1 is 1.07 bits per heavy atom. The summed E-state index contributed by atoms with van der Waals surface area (Å²) in [5.74, 6) is 1.49. The average molecular weight is 199 g/mol. The zero-order valence-electron chi connectivity index (χ0n) is 11.1. The van der Waals surface area contributed by atoms with Crippen LogP contribution in [0.3, 0.4) is 0 Å². The summed E-state index contributed by atoms with van der Waals surface area (Å²) in [4.78, 5) is 0. The lowest BCUT2D eigenvalue weighted by Crippen LogP contribution is -2.46. The second kappa shape index (κ2) is 5.75. The Balaban J connectivity index is 4.39. The minimum absolute atomic E-state index is 0.360. The Bertz CT molecular complexity index is 144. The van der Waals surface area contributed by atoms with Gasteiger partial charge in [-0.1, -0.05) is 48.5 Å². The lowest BCUT2D eigenvalue weighted by atomic mass is 9.75. The van der Waals surface area contributed by atoms with Crippen LogP contribution in [0.15, 0.2) is 0 Å². The lowest BCUT2D eigenvalue weighted by molar-refractivity contribution is 0.169. The van der Waals surface area contributed by atoms with Gasteiger partial charge in [0.1, 0.15) is 0 Å². The van der Waals surface area contributed by atoms with Gasteiger partial charge in [0.05, 0.1) is 0 Å². The van der Waals surface area contributed by atoms with E-state index in [4.69, 9.17) is 0 Å². The molecule has 0 amide bonds. The molecule has 0 bridgehead atoms. The molecule has 0 rings (SSSR count). The molecule has 0 aliphatic carbocycles. The molecule has 0 aromatic rings. The number of hydrogen-bond donors (Lipinski definition) is 1. The fraction of sp³-hybridized carbons (Fsp3) is 1.00. The van der Waals surface area contributed by atoms with Crippen molar-refractivity contribution in [3.8, 4) is 0 Å². The van der Waals surface area contributed by atoms with Crippen molar-refractivity contribution in [2.24, 2.45) is 17.3 Å². The Morgan fingerprint density at radius 2 is 1.57 bits per heavy atom. The van der Waals surface area contributed by atoms with Crippen molar-refractivity contribution < 1.29 is 0 Å². The van der Waals surface area contributed by atoms with Crippen LogP contribution in [0.5, 0.6) is 0 Å². The van der Waals surface area contributed by atoms with Crippen LogP contribution in [0.2, 0.25) is 0 Å². The van der Waals surface area contributed by atoms with Gasteiger partial charge in [-0.05, 0) is 30.2 Å². The molecular weight excluding hydrogens is 170 g/mol. The maximum atomic E-state index is 3.69. The van der Waals surface area contributed by atoms with E-state index in [2.05, 4.69) is 53.8 Å². The topological polar surface area (TPSA) is 12.0 Å². The molecule has 2 unspecified atom stereocenters. The van der Waals surface area contributed by atoms with Crippen LogP contribution < -0.4 is 5.32 Å². The predicted octanol–water partition coefficient (Wildman–Crippen LogP) is 3.69. The van der Waals surface area contributed by atoms with E-state index >= 15 is 0 Å². The molecule has 86 valence electrons. The molecule has 14 heavy (non-hydrogen) atoms. The molecule has 0 spiro atoms. The molecule has 0 aliphatic rings. The van der Waals surface area contributed by atoms with Gasteiger partial charge in [0.15, 0.2) is 0 Å². The minimum atomic E-state index is 0.360. The van der Waals surface area contributed by atoms with E-state index < -0.39 is 0 Å². The second-order valence-corrected chi connectivity index (χ2v) is 5.90. The van der Waals surface area contributed by atoms with E-state index in [9.17, 15) is 0 Å². The second-order valence-electron chi connectivity index (χ2n) is 5.90. The maximum absolute atomic E-state index is 3.69. The largest absolute Gasteiger partial charge is 0.313 e. The van der Waals surface area contributed by atoms with E-state index in [0.29, 0.717) is 11.5 Å². The third-order valence-corrected chi connectivity index (χ3v) is 3.12. The van der Waals surface area contributed by atoms with Crippen molar-refractivity contribution in [3.05, 3.63) is 0 Å². The van der Waals surface area contributed by atoms with Crippen molar-refractivity contribution in [2.75, 3.05) is 6.54 Å². The zero-order chi connectivity index (χ0) is 11.4. The summed E-state index contributed by atoms with van der Waals surface area (Å²) in [5.41, 5.74) is 0.360. The van der Waals surface area contributed by atoms with Gasteiger partial charge in [-0.25, -0.2) is 0 Å². The highest BCUT2D eigenvalue weighted by molar-refractivity contribution is 4.85. The highest BCUT2D eigenvalue weighted by Gasteiger charge is 2.30. The summed E-state index contributed by atoms with van der Waals surface area (Å²) in [6, 6.07) is 0.627. The average Bonchev–Trinajstić information content (AvgIpc) is 2.02. The van der Waals surface area contributed by atoms with Crippen LogP contribution in [0.1, 0.15) is 54.9 Å². The molecule has 1 heteroatoms. The van der Waals surface area contributed by atoms with Crippen molar-refractivity contribution in [3.63, 3.8) is 0 Å². The summed E-state index contributed by atoms with van der Waals surface area (Å²) in [7, 11) is 0. The monoisotopic (exact) mass is 199 g/mol. The number of rotatable bonds is 5. The first-order chi connectivity index (χ1) is 6.30. The Kier molecular flexibility index (Phi) is 5.73.